The number of nitrogens with zero attached hydrogens (tertiary/aromatic N) is 2. The van der Waals surface area contributed by atoms with E-state index < -0.39 is 11.8 Å². The van der Waals surface area contributed by atoms with Gasteiger partial charge in [-0.05, 0) is 59.7 Å². The van der Waals surface area contributed by atoms with Crippen molar-refractivity contribution in [3.05, 3.63) is 93.5 Å². The molecule has 0 fully saturated rings. The smallest absolute Gasteiger partial charge is 0.338 e. The molecule has 34 heavy (non-hydrogen) atoms. The second kappa shape index (κ2) is 7.87. The molecule has 6 rings (SSSR count). The number of fused-ring (bicyclic) bond motifs is 4. The molecular weight excluding hydrogens is 496 g/mol. The fourth-order valence-electron chi connectivity index (χ4n) is 5.11. The Morgan fingerprint density at radius 1 is 1.09 bits per heavy atom. The van der Waals surface area contributed by atoms with Crippen molar-refractivity contribution in [1.82, 2.24) is 5.01 Å². The Hall–Kier alpha value is -3.32. The fourth-order valence-corrected chi connectivity index (χ4v) is 5.48. The first-order chi connectivity index (χ1) is 16.5. The van der Waals surface area contributed by atoms with Crippen LogP contribution in [-0.4, -0.2) is 35.6 Å². The molecule has 0 radical (unpaired) electrons. The van der Waals surface area contributed by atoms with Gasteiger partial charge in [0.2, 0.25) is 5.72 Å². The molecule has 0 unspecified atom stereocenters. The summed E-state index contributed by atoms with van der Waals surface area (Å²) >= 11 is 3.60. The Bertz CT molecular complexity index is 1320. The van der Waals surface area contributed by atoms with E-state index in [1.54, 1.807) is 7.11 Å². The number of benzene rings is 3. The molecule has 0 spiro atoms. The van der Waals surface area contributed by atoms with E-state index in [2.05, 4.69) is 22.0 Å². The van der Waals surface area contributed by atoms with Crippen molar-refractivity contribution in [3.63, 3.8) is 0 Å². The summed E-state index contributed by atoms with van der Waals surface area (Å²) in [6.45, 7) is 1.97. The van der Waals surface area contributed by atoms with E-state index in [9.17, 15) is 4.79 Å². The molecule has 3 heterocycles. The van der Waals surface area contributed by atoms with E-state index in [-0.39, 0.29) is 12.0 Å². The molecule has 3 aromatic rings. The minimum atomic E-state index is -0.969. The summed E-state index contributed by atoms with van der Waals surface area (Å²) < 4.78 is 18.9. The Morgan fingerprint density at radius 2 is 1.88 bits per heavy atom. The van der Waals surface area contributed by atoms with Gasteiger partial charge in [-0.25, -0.2) is 9.80 Å². The van der Waals surface area contributed by atoms with Gasteiger partial charge in [0.1, 0.15) is 11.5 Å². The molecule has 3 aromatic carbocycles. The van der Waals surface area contributed by atoms with Gasteiger partial charge in [0, 0.05) is 29.8 Å². The van der Waals surface area contributed by atoms with Crippen molar-refractivity contribution in [2.75, 3.05) is 7.11 Å². The van der Waals surface area contributed by atoms with Crippen LogP contribution in [0, 0.1) is 0 Å². The van der Waals surface area contributed by atoms with Crippen LogP contribution in [0.1, 0.15) is 46.4 Å². The minimum absolute atomic E-state index is 0.0424. The zero-order chi connectivity index (χ0) is 23.4. The third-order valence-corrected chi connectivity index (χ3v) is 7.42. The second-order valence-electron chi connectivity index (χ2n) is 8.93. The van der Waals surface area contributed by atoms with Crippen LogP contribution >= 0.6 is 15.9 Å². The molecule has 0 bridgehead atoms. The number of esters is 1. The third kappa shape index (κ3) is 3.29. The molecule has 0 amide bonds. The summed E-state index contributed by atoms with van der Waals surface area (Å²) in [6, 6.07) is 21.5. The van der Waals surface area contributed by atoms with Crippen LogP contribution in [0.5, 0.6) is 11.5 Å². The number of methoxy groups -OCH3 is 1. The Kier molecular flexibility index (Phi) is 4.92. The van der Waals surface area contributed by atoms with Crippen LogP contribution in [0.2, 0.25) is 0 Å². The normalized spacial score (nSPS) is 24.9. The zero-order valence-electron chi connectivity index (χ0n) is 18.8. The number of hydrazone groups is 1. The quantitative estimate of drug-likeness (QED) is 0.428. The SMILES string of the molecule is COc1ccc(C2=NN3[C@H](C2)c2cc(Br)ccc2O[C@@]3(C)[C@H]2Cc3ccccc3C(=O)O2)cc1. The molecule has 6 nitrogen and oxygen atoms in total. The number of halogens is 1. The highest BCUT2D eigenvalue weighted by atomic mass is 79.9. The number of rotatable bonds is 3. The average molecular weight is 519 g/mol. The molecule has 3 aliphatic heterocycles. The number of hydrogen-bond acceptors (Lipinski definition) is 6. The number of carbonyl (C=O) groups excluding carboxylic acids is 1. The van der Waals surface area contributed by atoms with Crippen LogP contribution in [0.15, 0.2) is 76.3 Å². The maximum atomic E-state index is 12.9. The lowest BCUT2D eigenvalue weighted by Gasteiger charge is -2.49. The van der Waals surface area contributed by atoms with Gasteiger partial charge < -0.3 is 14.2 Å². The molecule has 0 aromatic heterocycles. The highest BCUT2D eigenvalue weighted by Gasteiger charge is 2.54. The van der Waals surface area contributed by atoms with Crippen LogP contribution in [-0.2, 0) is 11.2 Å². The first-order valence-electron chi connectivity index (χ1n) is 11.2. The van der Waals surface area contributed by atoms with Gasteiger partial charge >= 0.3 is 5.97 Å². The van der Waals surface area contributed by atoms with Crippen molar-refractivity contribution in [1.29, 1.82) is 0 Å². The Balaban J connectivity index is 1.43. The molecule has 7 heteroatoms. The van der Waals surface area contributed by atoms with Gasteiger partial charge in [-0.2, -0.15) is 5.10 Å². The summed E-state index contributed by atoms with van der Waals surface area (Å²) in [7, 11) is 1.66. The summed E-state index contributed by atoms with van der Waals surface area (Å²) in [6.07, 6.45) is 0.750. The van der Waals surface area contributed by atoms with Gasteiger partial charge in [-0.15, -0.1) is 0 Å². The molecule has 3 atom stereocenters. The number of ether oxygens (including phenoxy) is 3. The number of hydrogen-bond donors (Lipinski definition) is 0. The van der Waals surface area contributed by atoms with Gasteiger partial charge in [-0.1, -0.05) is 34.1 Å². The second-order valence-corrected chi connectivity index (χ2v) is 9.85. The first kappa shape index (κ1) is 21.2. The van der Waals surface area contributed by atoms with E-state index in [1.165, 1.54) is 0 Å². The van der Waals surface area contributed by atoms with E-state index >= 15 is 0 Å². The van der Waals surface area contributed by atoms with E-state index in [1.807, 2.05) is 72.6 Å². The lowest BCUT2D eigenvalue weighted by atomic mass is 9.89. The molecule has 3 aliphatic rings. The fraction of sp³-hybridized carbons (Fsp3) is 0.259. The highest BCUT2D eigenvalue weighted by molar-refractivity contribution is 9.10. The van der Waals surface area contributed by atoms with Crippen LogP contribution in [0.4, 0.5) is 0 Å². The summed E-state index contributed by atoms with van der Waals surface area (Å²) in [5.74, 6) is 1.26. The summed E-state index contributed by atoms with van der Waals surface area (Å²) in [5, 5.41) is 7.04. The number of cyclic esters (lactones) is 1. The lowest BCUT2D eigenvalue weighted by Crippen LogP contribution is -2.61. The van der Waals surface area contributed by atoms with Crippen molar-refractivity contribution in [3.8, 4) is 11.5 Å². The summed E-state index contributed by atoms with van der Waals surface area (Å²) in [5.41, 5.74) is 3.65. The standard InChI is InChI=1S/C27H23BrN2O4/c1-27(25-13-17-5-3-4-6-20(17)26(31)33-25)30-23(21-14-18(28)9-12-24(21)34-27)15-22(29-30)16-7-10-19(32-2)11-8-16/h3-12,14,23,25H,13,15H2,1-2H3/t23-,25-,27+/m1/s1. The minimum Gasteiger partial charge on any atom is -0.497 e. The van der Waals surface area contributed by atoms with Crippen LogP contribution < -0.4 is 9.47 Å². The molecular formula is C27H23BrN2O4. The van der Waals surface area contributed by atoms with Crippen molar-refractivity contribution >= 4 is 27.6 Å². The van der Waals surface area contributed by atoms with Gasteiger partial charge in [0.25, 0.3) is 0 Å². The van der Waals surface area contributed by atoms with Crippen LogP contribution in [0.3, 0.4) is 0 Å². The molecule has 0 N–H and O–H groups in total. The predicted molar refractivity (Wildman–Crippen MR) is 131 cm³/mol. The predicted octanol–water partition coefficient (Wildman–Crippen LogP) is 5.50. The Labute approximate surface area is 206 Å². The van der Waals surface area contributed by atoms with Crippen molar-refractivity contribution in [2.45, 2.75) is 37.6 Å². The average Bonchev–Trinajstić information content (AvgIpc) is 3.32. The van der Waals surface area contributed by atoms with Gasteiger partial charge in [0.15, 0.2) is 6.10 Å². The van der Waals surface area contributed by atoms with E-state index in [0.717, 1.165) is 38.4 Å². The molecule has 0 saturated heterocycles. The molecule has 0 aliphatic carbocycles. The monoisotopic (exact) mass is 518 g/mol. The van der Waals surface area contributed by atoms with Gasteiger partial charge in [0.05, 0.1) is 24.4 Å². The van der Waals surface area contributed by atoms with E-state index in [4.69, 9.17) is 19.3 Å². The maximum Gasteiger partial charge on any atom is 0.338 e. The van der Waals surface area contributed by atoms with E-state index in [0.29, 0.717) is 18.4 Å². The zero-order valence-corrected chi connectivity index (χ0v) is 20.4. The van der Waals surface area contributed by atoms with Crippen molar-refractivity contribution in [2.24, 2.45) is 5.10 Å². The summed E-state index contributed by atoms with van der Waals surface area (Å²) in [4.78, 5) is 12.9. The van der Waals surface area contributed by atoms with Crippen LogP contribution in [0.25, 0.3) is 0 Å². The Morgan fingerprint density at radius 3 is 2.68 bits per heavy atom. The van der Waals surface area contributed by atoms with Gasteiger partial charge in [-0.3, -0.25) is 0 Å². The number of carbonyl (C=O) groups is 1. The van der Waals surface area contributed by atoms with Crippen molar-refractivity contribution < 1.29 is 19.0 Å². The third-order valence-electron chi connectivity index (χ3n) is 6.93. The first-order valence-corrected chi connectivity index (χ1v) is 12.0. The highest BCUT2D eigenvalue weighted by Crippen LogP contribution is 2.50. The maximum absolute atomic E-state index is 12.9. The largest absolute Gasteiger partial charge is 0.497 e. The topological polar surface area (TPSA) is 60.4 Å². The molecule has 0 saturated carbocycles. The molecule has 172 valence electrons. The lowest BCUT2D eigenvalue weighted by molar-refractivity contribution is -0.175.